The van der Waals surface area contributed by atoms with Crippen molar-refractivity contribution in [2.24, 2.45) is 5.92 Å². The second-order valence-corrected chi connectivity index (χ2v) is 11.5. The molecule has 1 amide bonds. The molecule has 200 valence electrons. The number of nitrogens with one attached hydrogen (secondary N) is 1. The van der Waals surface area contributed by atoms with Crippen molar-refractivity contribution >= 4 is 22.6 Å². The molecule has 1 saturated carbocycles. The molecule has 3 aromatic carbocycles. The van der Waals surface area contributed by atoms with Crippen LogP contribution in [0.25, 0.3) is 10.8 Å². The molecule has 0 bridgehead atoms. The van der Waals surface area contributed by atoms with E-state index in [0.717, 1.165) is 80.1 Å². The maximum Gasteiger partial charge on any atom is 0.255 e. The first-order valence-electron chi connectivity index (χ1n) is 14.5. The quantitative estimate of drug-likeness (QED) is 0.293. The minimum atomic E-state index is -0.280. The van der Waals surface area contributed by atoms with Gasteiger partial charge < -0.3 is 10.2 Å². The number of carbonyl (C=O) groups is 1. The molecular formula is C34H38N4O. The van der Waals surface area contributed by atoms with Crippen LogP contribution in [0.5, 0.6) is 0 Å². The maximum atomic E-state index is 14.0. The van der Waals surface area contributed by atoms with Gasteiger partial charge in [0.05, 0.1) is 17.3 Å². The van der Waals surface area contributed by atoms with E-state index in [4.69, 9.17) is 9.97 Å². The summed E-state index contributed by atoms with van der Waals surface area (Å²) in [5, 5.41) is 5.65. The number of benzene rings is 3. The van der Waals surface area contributed by atoms with Gasteiger partial charge in [0.15, 0.2) is 0 Å². The molecule has 0 radical (unpaired) electrons. The number of carbonyl (C=O) groups excluding carboxylic acids is 1. The molecule has 0 spiro atoms. The number of anilines is 1. The van der Waals surface area contributed by atoms with Gasteiger partial charge in [-0.1, -0.05) is 92.6 Å². The highest BCUT2D eigenvalue weighted by Gasteiger charge is 2.42. The van der Waals surface area contributed by atoms with E-state index in [2.05, 4.69) is 90.8 Å². The monoisotopic (exact) mass is 518 g/mol. The number of hydrogen-bond donors (Lipinski definition) is 1. The van der Waals surface area contributed by atoms with E-state index >= 15 is 0 Å². The van der Waals surface area contributed by atoms with Crippen LogP contribution in [0.2, 0.25) is 0 Å². The van der Waals surface area contributed by atoms with Crippen molar-refractivity contribution in [2.75, 3.05) is 18.0 Å². The predicted octanol–water partition coefficient (Wildman–Crippen LogP) is 7.22. The largest absolute Gasteiger partial charge is 0.345 e. The van der Waals surface area contributed by atoms with Crippen LogP contribution in [-0.4, -0.2) is 29.0 Å². The molecule has 5 heteroatoms. The first kappa shape index (κ1) is 25.5. The lowest BCUT2D eigenvalue weighted by Crippen LogP contribution is -2.37. The van der Waals surface area contributed by atoms with Crippen LogP contribution in [0.4, 0.5) is 5.95 Å². The Bertz CT molecular complexity index is 1450. The summed E-state index contributed by atoms with van der Waals surface area (Å²) >= 11 is 0. The van der Waals surface area contributed by atoms with Crippen LogP contribution < -0.4 is 10.2 Å². The molecule has 2 aliphatic rings. The van der Waals surface area contributed by atoms with Gasteiger partial charge in [-0.15, -0.1) is 0 Å². The van der Waals surface area contributed by atoms with Gasteiger partial charge in [-0.3, -0.25) is 4.79 Å². The van der Waals surface area contributed by atoms with Gasteiger partial charge in [0, 0.05) is 24.7 Å². The zero-order chi connectivity index (χ0) is 26.8. The fourth-order valence-corrected chi connectivity index (χ4v) is 6.64. The number of amides is 1. The van der Waals surface area contributed by atoms with E-state index in [1.165, 1.54) is 10.9 Å². The highest BCUT2D eigenvalue weighted by molar-refractivity contribution is 5.96. The molecular weight excluding hydrogens is 480 g/mol. The summed E-state index contributed by atoms with van der Waals surface area (Å²) in [5.41, 5.74) is 3.56. The maximum absolute atomic E-state index is 14.0. The molecule has 1 aliphatic carbocycles. The Hall–Kier alpha value is -3.73. The molecule has 39 heavy (non-hydrogen) atoms. The number of rotatable bonds is 6. The van der Waals surface area contributed by atoms with Crippen LogP contribution in [0.1, 0.15) is 85.6 Å². The van der Waals surface area contributed by atoms with E-state index in [1.54, 1.807) is 6.20 Å². The van der Waals surface area contributed by atoms with Crippen molar-refractivity contribution in [3.8, 4) is 0 Å². The smallest absolute Gasteiger partial charge is 0.255 e. The van der Waals surface area contributed by atoms with Crippen LogP contribution >= 0.6 is 0 Å². The molecule has 6 rings (SSSR count). The Morgan fingerprint density at radius 1 is 0.949 bits per heavy atom. The predicted molar refractivity (Wildman–Crippen MR) is 158 cm³/mol. The van der Waals surface area contributed by atoms with Crippen LogP contribution in [0.3, 0.4) is 0 Å². The minimum Gasteiger partial charge on any atom is -0.345 e. The highest BCUT2D eigenvalue weighted by Crippen LogP contribution is 2.47. The van der Waals surface area contributed by atoms with Crippen LogP contribution in [0.15, 0.2) is 79.0 Å². The molecule has 1 aliphatic heterocycles. The first-order chi connectivity index (χ1) is 19.0. The standard InChI is InChI=1S/C34H38N4O/c1-24-17-21-38(22-18-24)33-35-23-30(31(37-33)34(19-8-9-20-34)27-13-4-3-5-14-27)32(39)36-25(2)28-16-10-12-26-11-6-7-15-29(26)28/h3-7,10-16,23-25H,8-9,17-22H2,1-2H3,(H,36,39). The van der Waals surface area contributed by atoms with Crippen molar-refractivity contribution < 1.29 is 4.79 Å². The van der Waals surface area contributed by atoms with E-state index < -0.39 is 0 Å². The van der Waals surface area contributed by atoms with Gasteiger partial charge in [0.25, 0.3) is 5.91 Å². The van der Waals surface area contributed by atoms with E-state index in [9.17, 15) is 4.79 Å². The Morgan fingerprint density at radius 3 is 2.41 bits per heavy atom. The summed E-state index contributed by atoms with van der Waals surface area (Å²) in [4.78, 5) is 26.4. The summed E-state index contributed by atoms with van der Waals surface area (Å²) in [6.07, 6.45) is 8.32. The Balaban J connectivity index is 1.40. The van der Waals surface area contributed by atoms with E-state index in [0.29, 0.717) is 5.56 Å². The van der Waals surface area contributed by atoms with Crippen molar-refractivity contribution in [2.45, 2.75) is 63.8 Å². The molecule has 2 fully saturated rings. The van der Waals surface area contributed by atoms with Crippen molar-refractivity contribution in [1.82, 2.24) is 15.3 Å². The highest BCUT2D eigenvalue weighted by atomic mass is 16.1. The molecule has 5 nitrogen and oxygen atoms in total. The van der Waals surface area contributed by atoms with Crippen molar-refractivity contribution in [3.05, 3.63) is 101 Å². The van der Waals surface area contributed by atoms with Gasteiger partial charge in [0.2, 0.25) is 5.95 Å². The number of fused-ring (bicyclic) bond motifs is 1. The van der Waals surface area contributed by atoms with Gasteiger partial charge in [-0.2, -0.15) is 0 Å². The van der Waals surface area contributed by atoms with E-state index in [-0.39, 0.29) is 17.4 Å². The Labute approximate surface area is 231 Å². The molecule has 1 unspecified atom stereocenters. The summed E-state index contributed by atoms with van der Waals surface area (Å²) in [6, 6.07) is 25.1. The van der Waals surface area contributed by atoms with Crippen LogP contribution in [0, 0.1) is 5.92 Å². The molecule has 4 aromatic rings. The summed E-state index contributed by atoms with van der Waals surface area (Å²) in [7, 11) is 0. The molecule has 1 saturated heterocycles. The number of hydrogen-bond acceptors (Lipinski definition) is 4. The molecule has 1 N–H and O–H groups in total. The first-order valence-corrected chi connectivity index (χ1v) is 14.5. The molecule has 2 heterocycles. The fraction of sp³-hybridized carbons (Fsp3) is 0.382. The minimum absolute atomic E-state index is 0.105. The van der Waals surface area contributed by atoms with Gasteiger partial charge in [-0.05, 0) is 60.4 Å². The number of piperidine rings is 1. The number of nitrogens with zero attached hydrogens (tertiary/aromatic N) is 3. The summed E-state index contributed by atoms with van der Waals surface area (Å²) < 4.78 is 0. The Morgan fingerprint density at radius 2 is 1.64 bits per heavy atom. The van der Waals surface area contributed by atoms with Gasteiger partial charge in [-0.25, -0.2) is 9.97 Å². The second-order valence-electron chi connectivity index (χ2n) is 11.5. The lowest BCUT2D eigenvalue weighted by molar-refractivity contribution is 0.0937. The third-order valence-electron chi connectivity index (χ3n) is 8.96. The third-order valence-corrected chi connectivity index (χ3v) is 8.96. The van der Waals surface area contributed by atoms with Crippen molar-refractivity contribution in [3.63, 3.8) is 0 Å². The van der Waals surface area contributed by atoms with Crippen LogP contribution in [-0.2, 0) is 5.41 Å². The fourth-order valence-electron chi connectivity index (χ4n) is 6.64. The summed E-state index contributed by atoms with van der Waals surface area (Å²) in [6.45, 7) is 6.30. The second kappa shape index (κ2) is 10.8. The van der Waals surface area contributed by atoms with Gasteiger partial charge in [0.1, 0.15) is 0 Å². The average molecular weight is 519 g/mol. The SMILES string of the molecule is CC1CCN(c2ncc(C(=O)NC(C)c3cccc4ccccc34)c(C3(c4ccccc4)CCCC3)n2)CC1. The van der Waals surface area contributed by atoms with Crippen molar-refractivity contribution in [1.29, 1.82) is 0 Å². The summed E-state index contributed by atoms with van der Waals surface area (Å²) in [5.74, 6) is 1.39. The van der Waals surface area contributed by atoms with E-state index in [1.807, 2.05) is 6.07 Å². The van der Waals surface area contributed by atoms with Gasteiger partial charge >= 0.3 is 0 Å². The average Bonchev–Trinajstić information content (AvgIpc) is 3.49. The topological polar surface area (TPSA) is 58.1 Å². The zero-order valence-electron chi connectivity index (χ0n) is 23.1. The lowest BCUT2D eigenvalue weighted by Gasteiger charge is -2.34. The molecule has 1 atom stereocenters. The Kier molecular flexibility index (Phi) is 7.07. The normalized spacial score (nSPS) is 18.3. The molecule has 1 aromatic heterocycles. The third kappa shape index (κ3) is 4.91. The zero-order valence-corrected chi connectivity index (χ0v) is 23.1. The lowest BCUT2D eigenvalue weighted by atomic mass is 9.74. The number of aromatic nitrogens is 2.